The van der Waals surface area contributed by atoms with Crippen molar-refractivity contribution < 1.29 is 32.6 Å². The van der Waals surface area contributed by atoms with Crippen molar-refractivity contribution >= 4 is 5.91 Å². The maximum atomic E-state index is 13.4. The van der Waals surface area contributed by atoms with Crippen molar-refractivity contribution in [3.8, 4) is 0 Å². The predicted octanol–water partition coefficient (Wildman–Crippen LogP) is 0.458. The van der Waals surface area contributed by atoms with E-state index in [9.17, 15) is 23.1 Å². The van der Waals surface area contributed by atoms with Gasteiger partial charge in [0.1, 0.15) is 6.61 Å². The van der Waals surface area contributed by atoms with Crippen molar-refractivity contribution in [1.29, 1.82) is 0 Å². The summed E-state index contributed by atoms with van der Waals surface area (Å²) in [6, 6.07) is 1.44. The summed E-state index contributed by atoms with van der Waals surface area (Å²) in [4.78, 5) is 18.4. The number of benzene rings is 1. The number of hydrogen-bond donors (Lipinski definition) is 2. The molecular formula is C14H17F3N2O4. The van der Waals surface area contributed by atoms with Gasteiger partial charge in [0.05, 0.1) is 24.9 Å². The van der Waals surface area contributed by atoms with Crippen molar-refractivity contribution in [2.75, 3.05) is 39.5 Å². The lowest BCUT2D eigenvalue weighted by atomic mass is 10.2. The summed E-state index contributed by atoms with van der Waals surface area (Å²) in [6.07, 6.45) is -0.872. The van der Waals surface area contributed by atoms with Gasteiger partial charge in [-0.05, 0) is 12.1 Å². The molecule has 0 bridgehead atoms. The Bertz CT molecular complexity index is 553. The van der Waals surface area contributed by atoms with Crippen molar-refractivity contribution in [3.63, 3.8) is 0 Å². The fraction of sp³-hybridized carbons (Fsp3) is 0.500. The van der Waals surface area contributed by atoms with Gasteiger partial charge in [0, 0.05) is 19.6 Å². The third-order valence-corrected chi connectivity index (χ3v) is 3.29. The Morgan fingerprint density at radius 3 is 2.70 bits per heavy atom. The second-order valence-electron chi connectivity index (χ2n) is 5.03. The van der Waals surface area contributed by atoms with E-state index in [2.05, 4.69) is 0 Å². The lowest BCUT2D eigenvalue weighted by molar-refractivity contribution is -0.0364. The van der Waals surface area contributed by atoms with Gasteiger partial charge < -0.3 is 9.84 Å². The van der Waals surface area contributed by atoms with E-state index in [0.717, 1.165) is 6.07 Å². The molecule has 0 radical (unpaired) electrons. The molecular weight excluding hydrogens is 317 g/mol. The van der Waals surface area contributed by atoms with E-state index in [0.29, 0.717) is 38.9 Å². The summed E-state index contributed by atoms with van der Waals surface area (Å²) in [7, 11) is 0. The highest BCUT2D eigenvalue weighted by atomic mass is 19.2. The Balaban J connectivity index is 1.77. The van der Waals surface area contributed by atoms with Crippen LogP contribution in [0.1, 0.15) is 10.4 Å². The van der Waals surface area contributed by atoms with E-state index in [-0.39, 0.29) is 6.61 Å². The largest absolute Gasteiger partial charge is 0.389 e. The highest BCUT2D eigenvalue weighted by Crippen LogP contribution is 2.14. The lowest BCUT2D eigenvalue weighted by Crippen LogP contribution is -2.42. The fourth-order valence-electron chi connectivity index (χ4n) is 2.09. The highest BCUT2D eigenvalue weighted by molar-refractivity contribution is 5.93. The number of carbonyl (C=O) groups is 1. The van der Waals surface area contributed by atoms with Crippen LogP contribution in [0.25, 0.3) is 0 Å². The zero-order valence-electron chi connectivity index (χ0n) is 12.2. The molecule has 0 saturated carbocycles. The number of amides is 1. The number of rotatable bonds is 6. The van der Waals surface area contributed by atoms with Crippen molar-refractivity contribution in [2.45, 2.75) is 6.10 Å². The van der Waals surface area contributed by atoms with Crippen LogP contribution in [0.5, 0.6) is 0 Å². The number of nitrogens with one attached hydrogen (secondary N) is 1. The summed E-state index contributed by atoms with van der Waals surface area (Å²) in [5, 5.41) is 9.78. The van der Waals surface area contributed by atoms with E-state index >= 15 is 0 Å². The van der Waals surface area contributed by atoms with Gasteiger partial charge in [-0.25, -0.2) is 18.7 Å². The molecule has 23 heavy (non-hydrogen) atoms. The Kier molecular flexibility index (Phi) is 6.34. The summed E-state index contributed by atoms with van der Waals surface area (Å²) >= 11 is 0. The number of hydrogen-bond acceptors (Lipinski definition) is 5. The molecule has 0 aliphatic carbocycles. The molecule has 1 unspecified atom stereocenters. The SMILES string of the molecule is O=C(NOCC(O)CN1CCOCC1)c1ccc(F)c(F)c1F. The minimum Gasteiger partial charge on any atom is -0.389 e. The normalized spacial score (nSPS) is 17.0. The summed E-state index contributed by atoms with van der Waals surface area (Å²) in [6.45, 7) is 2.64. The number of β-amino-alcohol motifs (C(OH)–C–C–N with tert-alkyl or cyclic N) is 1. The van der Waals surface area contributed by atoms with Crippen LogP contribution in [0.15, 0.2) is 12.1 Å². The number of aliphatic hydroxyl groups excluding tert-OH is 1. The maximum Gasteiger partial charge on any atom is 0.277 e. The maximum absolute atomic E-state index is 13.4. The first kappa shape index (κ1) is 17.7. The molecule has 128 valence electrons. The molecule has 1 fully saturated rings. The Labute approximate surface area is 130 Å². The minimum atomic E-state index is -1.73. The summed E-state index contributed by atoms with van der Waals surface area (Å²) in [5.41, 5.74) is 1.19. The zero-order valence-corrected chi connectivity index (χ0v) is 12.2. The second-order valence-corrected chi connectivity index (χ2v) is 5.03. The third-order valence-electron chi connectivity index (χ3n) is 3.29. The van der Waals surface area contributed by atoms with Gasteiger partial charge in [0.25, 0.3) is 5.91 Å². The van der Waals surface area contributed by atoms with E-state index in [4.69, 9.17) is 9.57 Å². The van der Waals surface area contributed by atoms with Crippen molar-refractivity contribution in [3.05, 3.63) is 35.1 Å². The van der Waals surface area contributed by atoms with E-state index in [1.807, 2.05) is 10.4 Å². The first-order valence-electron chi connectivity index (χ1n) is 7.03. The second kappa shape index (κ2) is 8.25. The monoisotopic (exact) mass is 334 g/mol. The van der Waals surface area contributed by atoms with Crippen LogP contribution in [0.4, 0.5) is 13.2 Å². The highest BCUT2D eigenvalue weighted by Gasteiger charge is 2.20. The molecule has 6 nitrogen and oxygen atoms in total. The third kappa shape index (κ3) is 4.90. The molecule has 1 aliphatic heterocycles. The molecule has 0 aromatic heterocycles. The number of aliphatic hydroxyl groups is 1. The molecule has 2 rings (SSSR count). The Morgan fingerprint density at radius 2 is 2.00 bits per heavy atom. The smallest absolute Gasteiger partial charge is 0.277 e. The summed E-state index contributed by atoms with van der Waals surface area (Å²) < 4.78 is 44.4. The van der Waals surface area contributed by atoms with Crippen molar-refractivity contribution in [1.82, 2.24) is 10.4 Å². The number of carbonyl (C=O) groups excluding carboxylic acids is 1. The molecule has 1 aliphatic rings. The van der Waals surface area contributed by atoms with Crippen LogP contribution in [-0.2, 0) is 9.57 Å². The standard InChI is InChI=1S/C14H17F3N2O4/c15-11-2-1-10(12(16)13(11)17)14(21)18-23-8-9(20)7-19-3-5-22-6-4-19/h1-2,9,20H,3-8H2,(H,18,21). The number of ether oxygens (including phenoxy) is 1. The minimum absolute atomic E-state index is 0.228. The van der Waals surface area contributed by atoms with Crippen LogP contribution in [0.3, 0.4) is 0 Å². The molecule has 1 aromatic rings. The topological polar surface area (TPSA) is 71.0 Å². The number of morpholine rings is 1. The predicted molar refractivity (Wildman–Crippen MR) is 73.0 cm³/mol. The van der Waals surface area contributed by atoms with Crippen LogP contribution in [0, 0.1) is 17.5 Å². The van der Waals surface area contributed by atoms with Crippen LogP contribution < -0.4 is 5.48 Å². The van der Waals surface area contributed by atoms with Gasteiger partial charge in [-0.2, -0.15) is 0 Å². The average molecular weight is 334 g/mol. The lowest BCUT2D eigenvalue weighted by Gasteiger charge is -2.28. The number of nitrogens with zero attached hydrogens (tertiary/aromatic N) is 1. The molecule has 1 atom stereocenters. The molecule has 1 amide bonds. The van der Waals surface area contributed by atoms with Gasteiger partial charge in [0.2, 0.25) is 0 Å². The average Bonchev–Trinajstić information content (AvgIpc) is 2.53. The molecule has 1 heterocycles. The van der Waals surface area contributed by atoms with Crippen LogP contribution in [0.2, 0.25) is 0 Å². The van der Waals surface area contributed by atoms with Gasteiger partial charge >= 0.3 is 0 Å². The number of hydroxylamine groups is 1. The molecule has 1 saturated heterocycles. The van der Waals surface area contributed by atoms with Gasteiger partial charge in [-0.1, -0.05) is 0 Å². The van der Waals surface area contributed by atoms with E-state index < -0.39 is 35.0 Å². The first-order chi connectivity index (χ1) is 11.0. The molecule has 0 spiro atoms. The van der Waals surface area contributed by atoms with E-state index in [1.165, 1.54) is 0 Å². The Hall–Kier alpha value is -1.68. The summed E-state index contributed by atoms with van der Waals surface area (Å²) in [5.74, 6) is -5.79. The first-order valence-corrected chi connectivity index (χ1v) is 7.03. The van der Waals surface area contributed by atoms with E-state index in [1.54, 1.807) is 0 Å². The van der Waals surface area contributed by atoms with Crippen molar-refractivity contribution in [2.24, 2.45) is 0 Å². The molecule has 9 heteroatoms. The number of halogens is 3. The Morgan fingerprint density at radius 1 is 1.30 bits per heavy atom. The van der Waals surface area contributed by atoms with Crippen LogP contribution in [-0.4, -0.2) is 61.5 Å². The fourth-order valence-corrected chi connectivity index (χ4v) is 2.09. The quantitative estimate of drug-likeness (QED) is 0.584. The van der Waals surface area contributed by atoms with Crippen LogP contribution >= 0.6 is 0 Å². The zero-order chi connectivity index (χ0) is 16.8. The van der Waals surface area contributed by atoms with Gasteiger partial charge in [-0.3, -0.25) is 14.5 Å². The van der Waals surface area contributed by atoms with Gasteiger partial charge in [-0.15, -0.1) is 0 Å². The van der Waals surface area contributed by atoms with Gasteiger partial charge in [0.15, 0.2) is 17.5 Å². The molecule has 2 N–H and O–H groups in total. The molecule has 1 aromatic carbocycles.